The van der Waals surface area contributed by atoms with Gasteiger partial charge in [0.1, 0.15) is 6.04 Å². The van der Waals surface area contributed by atoms with Crippen molar-refractivity contribution in [2.45, 2.75) is 39.2 Å². The summed E-state index contributed by atoms with van der Waals surface area (Å²) in [4.78, 5) is 34.6. The molecule has 1 aromatic rings. The number of aryl methyl sites for hydroxylation is 1. The Morgan fingerprint density at radius 3 is 2.75 bits per heavy atom. The Morgan fingerprint density at radius 1 is 1.39 bits per heavy atom. The lowest BCUT2D eigenvalue weighted by Crippen LogP contribution is -2.43. The van der Waals surface area contributed by atoms with E-state index in [0.29, 0.717) is 24.8 Å². The average Bonchev–Trinajstić information content (AvgIpc) is 3.12. The molecule has 154 valence electrons. The first-order chi connectivity index (χ1) is 13.2. The Balaban J connectivity index is 1.96. The lowest BCUT2D eigenvalue weighted by molar-refractivity contribution is -0.384. The molecule has 2 rings (SSSR count). The van der Waals surface area contributed by atoms with Crippen LogP contribution in [0.3, 0.4) is 0 Å². The highest BCUT2D eigenvalue weighted by atomic mass is 32.2. The van der Waals surface area contributed by atoms with Gasteiger partial charge in [-0.1, -0.05) is 13.0 Å². The van der Waals surface area contributed by atoms with E-state index in [0.717, 1.165) is 4.31 Å². The second-order valence-corrected chi connectivity index (χ2v) is 8.54. The van der Waals surface area contributed by atoms with Gasteiger partial charge in [0.15, 0.2) is 6.61 Å². The molecule has 11 heteroatoms. The topological polar surface area (TPSA) is 136 Å². The van der Waals surface area contributed by atoms with Crippen LogP contribution in [0, 0.1) is 17.0 Å². The number of non-ortho nitro benzene ring substituents is 1. The summed E-state index contributed by atoms with van der Waals surface area (Å²) in [6.45, 7) is 3.04. The van der Waals surface area contributed by atoms with Crippen LogP contribution in [0.15, 0.2) is 18.2 Å². The van der Waals surface area contributed by atoms with E-state index in [1.807, 2.05) is 0 Å². The Kier molecular flexibility index (Phi) is 7.08. The largest absolute Gasteiger partial charge is 0.454 e. The molecule has 0 saturated carbocycles. The predicted octanol–water partition coefficient (Wildman–Crippen LogP) is 1.59. The number of amides is 1. The fourth-order valence-corrected chi connectivity index (χ4v) is 4.70. The van der Waals surface area contributed by atoms with Gasteiger partial charge in [-0.25, -0.2) is 8.42 Å². The van der Waals surface area contributed by atoms with Crippen molar-refractivity contribution in [3.05, 3.63) is 33.9 Å². The van der Waals surface area contributed by atoms with E-state index in [4.69, 9.17) is 4.74 Å². The number of nitro benzene ring substituents is 1. The van der Waals surface area contributed by atoms with Gasteiger partial charge < -0.3 is 10.1 Å². The summed E-state index contributed by atoms with van der Waals surface area (Å²) in [5, 5.41) is 13.3. The number of benzene rings is 1. The van der Waals surface area contributed by atoms with Gasteiger partial charge in [0.05, 0.1) is 16.4 Å². The van der Waals surface area contributed by atoms with E-state index >= 15 is 0 Å². The number of carbonyl (C=O) groups excluding carboxylic acids is 2. The lowest BCUT2D eigenvalue weighted by atomic mass is 10.2. The van der Waals surface area contributed by atoms with Gasteiger partial charge in [-0.15, -0.1) is 0 Å². The number of carbonyl (C=O) groups is 2. The lowest BCUT2D eigenvalue weighted by Gasteiger charge is -2.22. The van der Waals surface area contributed by atoms with Gasteiger partial charge in [-0.05, 0) is 31.7 Å². The van der Waals surface area contributed by atoms with Crippen molar-refractivity contribution in [1.29, 1.82) is 0 Å². The molecular formula is C17H23N3O7S. The Morgan fingerprint density at radius 2 is 2.11 bits per heavy atom. The van der Waals surface area contributed by atoms with Crippen molar-refractivity contribution in [3.8, 4) is 0 Å². The van der Waals surface area contributed by atoms with Crippen molar-refractivity contribution >= 4 is 33.3 Å². The maximum absolute atomic E-state index is 12.3. The molecule has 1 N–H and O–H groups in total. The molecule has 1 saturated heterocycles. The number of hydrogen-bond donors (Lipinski definition) is 1. The molecule has 0 unspecified atom stereocenters. The smallest absolute Gasteiger partial charge is 0.324 e. The minimum absolute atomic E-state index is 0.0523. The monoisotopic (exact) mass is 413 g/mol. The van der Waals surface area contributed by atoms with Crippen LogP contribution in [0.4, 0.5) is 11.4 Å². The third kappa shape index (κ3) is 5.26. The van der Waals surface area contributed by atoms with E-state index in [2.05, 4.69) is 5.32 Å². The van der Waals surface area contributed by atoms with Crippen LogP contribution in [-0.4, -0.2) is 54.5 Å². The van der Waals surface area contributed by atoms with E-state index in [1.165, 1.54) is 18.2 Å². The summed E-state index contributed by atoms with van der Waals surface area (Å²) in [5.74, 6) is -1.50. The first kappa shape index (κ1) is 21.8. The van der Waals surface area contributed by atoms with E-state index in [1.54, 1.807) is 13.8 Å². The molecule has 0 aromatic heterocycles. The van der Waals surface area contributed by atoms with Crippen molar-refractivity contribution in [2.24, 2.45) is 0 Å². The summed E-state index contributed by atoms with van der Waals surface area (Å²) in [7, 11) is -3.54. The molecule has 1 aromatic carbocycles. The van der Waals surface area contributed by atoms with Crippen LogP contribution in [0.1, 0.15) is 31.7 Å². The number of anilines is 1. The van der Waals surface area contributed by atoms with Crippen molar-refractivity contribution in [1.82, 2.24) is 4.31 Å². The van der Waals surface area contributed by atoms with Crippen molar-refractivity contribution in [3.63, 3.8) is 0 Å². The van der Waals surface area contributed by atoms with Gasteiger partial charge in [-0.3, -0.25) is 19.7 Å². The first-order valence-electron chi connectivity index (χ1n) is 8.86. The number of nitrogens with one attached hydrogen (secondary N) is 1. The van der Waals surface area contributed by atoms with Gasteiger partial charge in [0.25, 0.3) is 11.6 Å². The van der Waals surface area contributed by atoms with Gasteiger partial charge in [0, 0.05) is 18.7 Å². The maximum atomic E-state index is 12.3. The SMILES string of the molecule is CCCS(=O)(=O)N1CCC[C@H]1C(=O)OCC(=O)Nc1cc([N+](=O)[O-])ccc1C. The molecule has 1 amide bonds. The molecule has 10 nitrogen and oxygen atoms in total. The van der Waals surface area contributed by atoms with Crippen molar-refractivity contribution in [2.75, 3.05) is 24.2 Å². The molecule has 1 aliphatic rings. The fraction of sp³-hybridized carbons (Fsp3) is 0.529. The highest BCUT2D eigenvalue weighted by Crippen LogP contribution is 2.24. The number of ether oxygens (including phenoxy) is 1. The average molecular weight is 413 g/mol. The van der Waals surface area contributed by atoms with Crippen LogP contribution < -0.4 is 5.32 Å². The molecular weight excluding hydrogens is 390 g/mol. The Labute approximate surface area is 163 Å². The Bertz CT molecular complexity index is 870. The molecule has 1 heterocycles. The van der Waals surface area contributed by atoms with E-state index in [-0.39, 0.29) is 23.7 Å². The number of rotatable bonds is 8. The minimum Gasteiger partial charge on any atom is -0.454 e. The third-order valence-electron chi connectivity index (χ3n) is 4.35. The van der Waals surface area contributed by atoms with Crippen LogP contribution in [0.5, 0.6) is 0 Å². The third-order valence-corrected chi connectivity index (χ3v) is 6.42. The van der Waals surface area contributed by atoms with Crippen LogP contribution >= 0.6 is 0 Å². The summed E-state index contributed by atoms with van der Waals surface area (Å²) < 4.78 is 30.6. The van der Waals surface area contributed by atoms with Gasteiger partial charge >= 0.3 is 5.97 Å². The maximum Gasteiger partial charge on any atom is 0.324 e. The Hall–Kier alpha value is -2.53. The number of esters is 1. The minimum atomic E-state index is -3.54. The van der Waals surface area contributed by atoms with Crippen LogP contribution in [0.25, 0.3) is 0 Å². The van der Waals surface area contributed by atoms with Crippen LogP contribution in [0.2, 0.25) is 0 Å². The number of nitrogens with zero attached hydrogens (tertiary/aromatic N) is 2. The highest BCUT2D eigenvalue weighted by molar-refractivity contribution is 7.89. The van der Waals surface area contributed by atoms with Crippen LogP contribution in [-0.2, 0) is 24.3 Å². The zero-order chi connectivity index (χ0) is 20.9. The molecule has 0 bridgehead atoms. The van der Waals surface area contributed by atoms with Gasteiger partial charge in [-0.2, -0.15) is 4.31 Å². The number of nitro groups is 1. The molecule has 0 radical (unpaired) electrons. The molecule has 0 spiro atoms. The summed E-state index contributed by atoms with van der Waals surface area (Å²) >= 11 is 0. The summed E-state index contributed by atoms with van der Waals surface area (Å²) in [5.41, 5.74) is 0.668. The molecule has 28 heavy (non-hydrogen) atoms. The predicted molar refractivity (Wildman–Crippen MR) is 101 cm³/mol. The standard InChI is InChI=1S/C17H23N3O7S/c1-3-9-28(25,26)19-8-4-5-15(19)17(22)27-11-16(21)18-14-10-13(20(23)24)7-6-12(14)2/h6-7,10,15H,3-5,8-9,11H2,1-2H3,(H,18,21)/t15-/m0/s1. The molecule has 0 aliphatic carbocycles. The zero-order valence-electron chi connectivity index (χ0n) is 15.7. The fourth-order valence-electron chi connectivity index (χ4n) is 2.96. The van der Waals surface area contributed by atoms with E-state index < -0.39 is 39.5 Å². The second-order valence-electron chi connectivity index (χ2n) is 6.50. The summed E-state index contributed by atoms with van der Waals surface area (Å²) in [6.07, 6.45) is 1.32. The normalized spacial score (nSPS) is 17.3. The highest BCUT2D eigenvalue weighted by Gasteiger charge is 2.39. The summed E-state index contributed by atoms with van der Waals surface area (Å²) in [6, 6.07) is 3.10. The van der Waals surface area contributed by atoms with Gasteiger partial charge in [0.2, 0.25) is 10.0 Å². The quantitative estimate of drug-likeness (QED) is 0.388. The molecule has 1 atom stereocenters. The number of hydrogen-bond acceptors (Lipinski definition) is 7. The first-order valence-corrected chi connectivity index (χ1v) is 10.5. The van der Waals surface area contributed by atoms with Crippen molar-refractivity contribution < 1.29 is 27.7 Å². The zero-order valence-corrected chi connectivity index (χ0v) is 16.5. The molecule has 1 fully saturated rings. The van der Waals surface area contributed by atoms with E-state index in [9.17, 15) is 28.1 Å². The number of sulfonamides is 1. The molecule has 1 aliphatic heterocycles. The second kappa shape index (κ2) is 9.11.